The molecular weight excluding hydrogens is 270 g/mol. The van der Waals surface area contributed by atoms with Crippen LogP contribution in [0.2, 0.25) is 0 Å². The molecule has 2 heterocycles. The molecule has 1 fully saturated rings. The number of rotatable bonds is 2. The van der Waals surface area contributed by atoms with Crippen molar-refractivity contribution in [3.63, 3.8) is 0 Å². The van der Waals surface area contributed by atoms with E-state index in [0.717, 1.165) is 17.3 Å². The number of nitrogens with two attached hydrogens (primary N) is 1. The number of nitrogens with zero attached hydrogens (tertiary/aromatic N) is 1. The summed E-state index contributed by atoms with van der Waals surface area (Å²) in [6.07, 6.45) is 3.12. The number of aromatic amines is 1. The summed E-state index contributed by atoms with van der Waals surface area (Å²) in [6.45, 7) is 0.570. The zero-order valence-corrected chi connectivity index (χ0v) is 11.8. The van der Waals surface area contributed by atoms with Crippen LogP contribution in [0.5, 0.6) is 0 Å². The predicted molar refractivity (Wildman–Crippen MR) is 78.8 cm³/mol. The van der Waals surface area contributed by atoms with Crippen LogP contribution < -0.4 is 5.73 Å². The second kappa shape index (κ2) is 5.12. The van der Waals surface area contributed by atoms with Gasteiger partial charge in [-0.15, -0.1) is 0 Å². The molecular formula is C15H17N3O3. The first kappa shape index (κ1) is 13.5. The minimum atomic E-state index is -0.485. The summed E-state index contributed by atoms with van der Waals surface area (Å²) in [6, 6.07) is 4.88. The highest BCUT2D eigenvalue weighted by molar-refractivity contribution is 6.08. The van der Waals surface area contributed by atoms with Crippen molar-refractivity contribution in [1.29, 1.82) is 0 Å². The van der Waals surface area contributed by atoms with Crippen molar-refractivity contribution in [2.75, 3.05) is 19.4 Å². The van der Waals surface area contributed by atoms with Gasteiger partial charge >= 0.3 is 5.97 Å². The first-order chi connectivity index (χ1) is 10.1. The third-order valence-electron chi connectivity index (χ3n) is 3.92. The minimum Gasteiger partial charge on any atom is -0.467 e. The quantitative estimate of drug-likeness (QED) is 0.647. The molecule has 3 rings (SSSR count). The minimum absolute atomic E-state index is 0.154. The Bertz CT molecular complexity index is 707. The van der Waals surface area contributed by atoms with Crippen LogP contribution in [0, 0.1) is 0 Å². The van der Waals surface area contributed by atoms with Crippen molar-refractivity contribution in [1.82, 2.24) is 9.88 Å². The van der Waals surface area contributed by atoms with Gasteiger partial charge in [-0.2, -0.15) is 0 Å². The van der Waals surface area contributed by atoms with Crippen LogP contribution >= 0.6 is 0 Å². The Morgan fingerprint density at radius 2 is 2.24 bits per heavy atom. The van der Waals surface area contributed by atoms with Crippen LogP contribution in [0.15, 0.2) is 24.4 Å². The average Bonchev–Trinajstić information content (AvgIpc) is 3.11. The zero-order valence-electron chi connectivity index (χ0n) is 11.8. The van der Waals surface area contributed by atoms with Crippen molar-refractivity contribution in [3.05, 3.63) is 30.0 Å². The summed E-state index contributed by atoms with van der Waals surface area (Å²) < 4.78 is 4.78. The Hall–Kier alpha value is -2.50. The lowest BCUT2D eigenvalue weighted by Gasteiger charge is -2.22. The molecule has 110 valence electrons. The molecule has 2 aromatic rings. The van der Waals surface area contributed by atoms with E-state index in [-0.39, 0.29) is 11.9 Å². The fraction of sp³-hybridized carbons (Fsp3) is 0.333. The molecule has 1 aromatic heterocycles. The van der Waals surface area contributed by atoms with Gasteiger partial charge in [0.15, 0.2) is 0 Å². The fourth-order valence-corrected chi connectivity index (χ4v) is 2.87. The van der Waals surface area contributed by atoms with E-state index in [9.17, 15) is 9.59 Å². The number of anilines is 1. The van der Waals surface area contributed by atoms with Crippen LogP contribution in [0.1, 0.15) is 23.2 Å². The SMILES string of the molecule is COC(=O)C1CCCN1C(=O)c1c[nH]c2cc(N)ccc12. The number of nitrogen functional groups attached to an aromatic ring is 1. The maximum Gasteiger partial charge on any atom is 0.328 e. The molecule has 1 aliphatic heterocycles. The highest BCUT2D eigenvalue weighted by Gasteiger charge is 2.35. The number of likely N-dealkylation sites (tertiary alicyclic amines) is 1. The first-order valence-electron chi connectivity index (χ1n) is 6.87. The van der Waals surface area contributed by atoms with Crippen molar-refractivity contribution in [3.8, 4) is 0 Å². The predicted octanol–water partition coefficient (Wildman–Crippen LogP) is 1.53. The number of hydrogen-bond acceptors (Lipinski definition) is 4. The van der Waals surface area contributed by atoms with Crippen LogP contribution in [-0.4, -0.2) is 41.5 Å². The van der Waals surface area contributed by atoms with Crippen molar-refractivity contribution < 1.29 is 14.3 Å². The Balaban J connectivity index is 1.95. The summed E-state index contributed by atoms with van der Waals surface area (Å²) >= 11 is 0. The smallest absolute Gasteiger partial charge is 0.328 e. The molecule has 0 radical (unpaired) electrons. The van der Waals surface area contributed by atoms with Gasteiger partial charge in [-0.05, 0) is 31.0 Å². The van der Waals surface area contributed by atoms with Gasteiger partial charge in [-0.25, -0.2) is 4.79 Å². The Morgan fingerprint density at radius 1 is 1.43 bits per heavy atom. The van der Waals surface area contributed by atoms with E-state index in [1.54, 1.807) is 23.2 Å². The molecule has 0 spiro atoms. The number of ether oxygens (including phenoxy) is 1. The van der Waals surface area contributed by atoms with Crippen molar-refractivity contribution >= 4 is 28.5 Å². The van der Waals surface area contributed by atoms with E-state index >= 15 is 0 Å². The molecule has 1 saturated heterocycles. The van der Waals surface area contributed by atoms with E-state index in [0.29, 0.717) is 24.2 Å². The summed E-state index contributed by atoms with van der Waals surface area (Å²) in [4.78, 5) is 29.1. The zero-order chi connectivity index (χ0) is 15.0. The van der Waals surface area contributed by atoms with Gasteiger partial charge in [0, 0.05) is 29.3 Å². The van der Waals surface area contributed by atoms with Crippen molar-refractivity contribution in [2.24, 2.45) is 0 Å². The maximum absolute atomic E-state index is 12.7. The van der Waals surface area contributed by atoms with Crippen LogP contribution in [0.3, 0.4) is 0 Å². The van der Waals surface area contributed by atoms with Gasteiger partial charge in [-0.3, -0.25) is 4.79 Å². The monoisotopic (exact) mass is 287 g/mol. The summed E-state index contributed by atoms with van der Waals surface area (Å²) in [5.74, 6) is -0.510. The van der Waals surface area contributed by atoms with Gasteiger partial charge in [0.2, 0.25) is 0 Å². The van der Waals surface area contributed by atoms with E-state index in [1.165, 1.54) is 7.11 Å². The lowest BCUT2D eigenvalue weighted by atomic mass is 10.1. The second-order valence-electron chi connectivity index (χ2n) is 5.19. The normalized spacial score (nSPS) is 18.1. The highest BCUT2D eigenvalue weighted by atomic mass is 16.5. The lowest BCUT2D eigenvalue weighted by molar-refractivity contribution is -0.145. The maximum atomic E-state index is 12.7. The number of esters is 1. The molecule has 1 atom stereocenters. The number of aromatic nitrogens is 1. The molecule has 1 aromatic carbocycles. The lowest BCUT2D eigenvalue weighted by Crippen LogP contribution is -2.41. The summed E-state index contributed by atoms with van der Waals surface area (Å²) in [5, 5.41) is 0.810. The van der Waals surface area contributed by atoms with Crippen molar-refractivity contribution in [2.45, 2.75) is 18.9 Å². The topological polar surface area (TPSA) is 88.4 Å². The fourth-order valence-electron chi connectivity index (χ4n) is 2.87. The molecule has 1 aliphatic rings. The molecule has 1 unspecified atom stereocenters. The standard InChI is InChI=1S/C15H17N3O3/c1-21-15(20)13-3-2-6-18(13)14(19)11-8-17-12-7-9(16)4-5-10(11)12/h4-5,7-8,13,17H,2-3,6,16H2,1H3. The Labute approximate surface area is 121 Å². The Kier molecular flexibility index (Phi) is 3.29. The average molecular weight is 287 g/mol. The molecule has 0 saturated carbocycles. The molecule has 0 aliphatic carbocycles. The van der Waals surface area contributed by atoms with Gasteiger partial charge in [0.05, 0.1) is 12.7 Å². The van der Waals surface area contributed by atoms with E-state index in [4.69, 9.17) is 10.5 Å². The number of nitrogens with one attached hydrogen (secondary N) is 1. The molecule has 6 heteroatoms. The summed E-state index contributed by atoms with van der Waals surface area (Å²) in [5.41, 5.74) is 7.74. The third kappa shape index (κ3) is 2.22. The third-order valence-corrected chi connectivity index (χ3v) is 3.92. The first-order valence-corrected chi connectivity index (χ1v) is 6.87. The Morgan fingerprint density at radius 3 is 3.00 bits per heavy atom. The summed E-state index contributed by atoms with van der Waals surface area (Å²) in [7, 11) is 1.35. The van der Waals surface area contributed by atoms with E-state index < -0.39 is 6.04 Å². The van der Waals surface area contributed by atoms with Crippen LogP contribution in [-0.2, 0) is 9.53 Å². The van der Waals surface area contributed by atoms with Crippen LogP contribution in [0.4, 0.5) is 5.69 Å². The van der Waals surface area contributed by atoms with E-state index in [1.807, 2.05) is 6.07 Å². The number of hydrogen-bond donors (Lipinski definition) is 2. The number of H-pyrrole nitrogens is 1. The number of methoxy groups -OCH3 is 1. The molecule has 3 N–H and O–H groups in total. The van der Waals surface area contributed by atoms with Gasteiger partial charge in [0.1, 0.15) is 6.04 Å². The number of benzene rings is 1. The van der Waals surface area contributed by atoms with E-state index in [2.05, 4.69) is 4.98 Å². The number of carbonyl (C=O) groups excluding carboxylic acids is 2. The number of amides is 1. The molecule has 1 amide bonds. The number of carbonyl (C=O) groups is 2. The molecule has 6 nitrogen and oxygen atoms in total. The van der Waals surface area contributed by atoms with Gasteiger partial charge in [-0.1, -0.05) is 0 Å². The largest absolute Gasteiger partial charge is 0.467 e. The number of fused-ring (bicyclic) bond motifs is 1. The van der Waals surface area contributed by atoms with Gasteiger partial charge in [0.25, 0.3) is 5.91 Å². The van der Waals surface area contributed by atoms with Gasteiger partial charge < -0.3 is 20.4 Å². The highest BCUT2D eigenvalue weighted by Crippen LogP contribution is 2.26. The second-order valence-corrected chi connectivity index (χ2v) is 5.19. The van der Waals surface area contributed by atoms with Crippen LogP contribution in [0.25, 0.3) is 10.9 Å². The molecule has 21 heavy (non-hydrogen) atoms. The molecule has 0 bridgehead atoms.